The number of ether oxygens (including phenoxy) is 4. The van der Waals surface area contributed by atoms with Crippen LogP contribution in [0.2, 0.25) is 0 Å². The van der Waals surface area contributed by atoms with Crippen molar-refractivity contribution in [1.82, 2.24) is 0 Å². The monoisotopic (exact) mass is 1300 g/mol. The third kappa shape index (κ3) is 61.6. The molecule has 17 nitrogen and oxygen atoms in total. The van der Waals surface area contributed by atoms with Gasteiger partial charge in [-0.05, 0) is 31.6 Å². The summed E-state index contributed by atoms with van der Waals surface area (Å²) in [7, 11) is -9.89. The molecule has 88 heavy (non-hydrogen) atoms. The first-order valence-corrected chi connectivity index (χ1v) is 39.2. The molecular weight excluding hydrogens is 1160 g/mol. The molecule has 0 saturated carbocycles. The Morgan fingerprint density at radius 2 is 0.545 bits per heavy atom. The Hall–Kier alpha value is -1.94. The number of phosphoric acid groups is 2. The molecule has 3 unspecified atom stereocenters. The summed E-state index contributed by atoms with van der Waals surface area (Å²) in [6.07, 6.45) is 48.4. The Morgan fingerprint density at radius 1 is 0.318 bits per heavy atom. The Balaban J connectivity index is 5.23. The zero-order valence-corrected chi connectivity index (χ0v) is 58.6. The Bertz CT molecular complexity index is 1710. The summed E-state index contributed by atoms with van der Waals surface area (Å²) in [6.45, 7) is 7.25. The number of hydrogen-bond donors (Lipinski definition) is 3. The van der Waals surface area contributed by atoms with Crippen LogP contribution in [0.3, 0.4) is 0 Å². The number of phosphoric ester groups is 2. The molecule has 0 aliphatic heterocycles. The second-order valence-electron chi connectivity index (χ2n) is 25.2. The average molecular weight is 1300 g/mol. The van der Waals surface area contributed by atoms with E-state index in [4.69, 9.17) is 37.0 Å². The van der Waals surface area contributed by atoms with Crippen LogP contribution in [-0.2, 0) is 65.4 Å². The van der Waals surface area contributed by atoms with Crippen molar-refractivity contribution >= 4 is 39.5 Å². The van der Waals surface area contributed by atoms with Crippen molar-refractivity contribution in [2.75, 3.05) is 39.6 Å². The smallest absolute Gasteiger partial charge is 0.462 e. The predicted molar refractivity (Wildman–Crippen MR) is 354 cm³/mol. The van der Waals surface area contributed by atoms with Crippen molar-refractivity contribution in [3.8, 4) is 0 Å². The van der Waals surface area contributed by atoms with Gasteiger partial charge in [0.25, 0.3) is 0 Å². The van der Waals surface area contributed by atoms with Crippen LogP contribution in [0.4, 0.5) is 0 Å². The van der Waals surface area contributed by atoms with Crippen LogP contribution in [0.25, 0.3) is 0 Å². The van der Waals surface area contributed by atoms with Gasteiger partial charge in [0, 0.05) is 25.7 Å². The number of carbonyl (C=O) groups excluding carboxylic acids is 4. The first kappa shape index (κ1) is 86.1. The van der Waals surface area contributed by atoms with Crippen molar-refractivity contribution in [2.24, 2.45) is 5.92 Å². The molecular formula is C69H134O17P2. The van der Waals surface area contributed by atoms with Crippen LogP contribution < -0.4 is 0 Å². The Labute approximate surface area is 537 Å². The third-order valence-electron chi connectivity index (χ3n) is 16.4. The highest BCUT2D eigenvalue weighted by atomic mass is 31.2. The van der Waals surface area contributed by atoms with E-state index in [1.165, 1.54) is 173 Å². The lowest BCUT2D eigenvalue weighted by molar-refractivity contribution is -0.161. The lowest BCUT2D eigenvalue weighted by Crippen LogP contribution is -2.30. The summed E-state index contributed by atoms with van der Waals surface area (Å²) >= 11 is 0. The van der Waals surface area contributed by atoms with E-state index in [0.29, 0.717) is 25.7 Å². The van der Waals surface area contributed by atoms with Gasteiger partial charge in [-0.2, -0.15) is 0 Å². The maximum Gasteiger partial charge on any atom is 0.472 e. The lowest BCUT2D eigenvalue weighted by atomic mass is 9.99. The molecule has 0 heterocycles. The average Bonchev–Trinajstić information content (AvgIpc) is 3.61. The van der Waals surface area contributed by atoms with Gasteiger partial charge in [0.2, 0.25) is 0 Å². The summed E-state index contributed by atoms with van der Waals surface area (Å²) in [5.74, 6) is -1.32. The first-order chi connectivity index (χ1) is 42.6. The van der Waals surface area contributed by atoms with E-state index in [9.17, 15) is 43.2 Å². The van der Waals surface area contributed by atoms with E-state index in [1.54, 1.807) is 0 Å². The van der Waals surface area contributed by atoms with Gasteiger partial charge in [-0.3, -0.25) is 37.3 Å². The topological polar surface area (TPSA) is 237 Å². The van der Waals surface area contributed by atoms with Gasteiger partial charge in [-0.15, -0.1) is 0 Å². The van der Waals surface area contributed by atoms with Gasteiger partial charge >= 0.3 is 39.5 Å². The molecule has 0 aromatic rings. The van der Waals surface area contributed by atoms with E-state index in [2.05, 4.69) is 34.6 Å². The van der Waals surface area contributed by atoms with Gasteiger partial charge < -0.3 is 33.8 Å². The van der Waals surface area contributed by atoms with Gasteiger partial charge in [-0.1, -0.05) is 304 Å². The summed E-state index contributed by atoms with van der Waals surface area (Å²) in [6, 6.07) is 0. The molecule has 0 amide bonds. The molecule has 0 rings (SSSR count). The van der Waals surface area contributed by atoms with Crippen LogP contribution in [0.15, 0.2) is 0 Å². The number of esters is 4. The predicted octanol–water partition coefficient (Wildman–Crippen LogP) is 19.7. The van der Waals surface area contributed by atoms with Crippen molar-refractivity contribution in [3.05, 3.63) is 0 Å². The first-order valence-electron chi connectivity index (χ1n) is 36.2. The molecule has 0 bridgehead atoms. The quantitative estimate of drug-likeness (QED) is 0.0222. The fourth-order valence-electron chi connectivity index (χ4n) is 10.4. The molecule has 0 aromatic heterocycles. The molecule has 0 aromatic carbocycles. The summed E-state index contributed by atoms with van der Waals surface area (Å²) in [5.41, 5.74) is 0. The highest BCUT2D eigenvalue weighted by Gasteiger charge is 2.30. The minimum atomic E-state index is -4.95. The van der Waals surface area contributed by atoms with Gasteiger partial charge in [0.1, 0.15) is 19.3 Å². The van der Waals surface area contributed by atoms with Crippen LogP contribution >= 0.6 is 15.6 Å². The number of rotatable bonds is 69. The lowest BCUT2D eigenvalue weighted by Gasteiger charge is -2.21. The second-order valence-corrected chi connectivity index (χ2v) is 28.1. The highest BCUT2D eigenvalue weighted by molar-refractivity contribution is 7.47. The Morgan fingerprint density at radius 3 is 0.807 bits per heavy atom. The summed E-state index contributed by atoms with van der Waals surface area (Å²) < 4.78 is 68.2. The van der Waals surface area contributed by atoms with Crippen LogP contribution in [-0.4, -0.2) is 96.7 Å². The maximum absolute atomic E-state index is 13.0. The van der Waals surface area contributed by atoms with E-state index in [1.807, 2.05) is 0 Å². The largest absolute Gasteiger partial charge is 0.472 e. The van der Waals surface area contributed by atoms with Gasteiger partial charge in [0.15, 0.2) is 12.2 Å². The van der Waals surface area contributed by atoms with E-state index >= 15 is 0 Å². The van der Waals surface area contributed by atoms with Crippen molar-refractivity contribution in [1.29, 1.82) is 0 Å². The summed E-state index contributed by atoms with van der Waals surface area (Å²) in [5, 5.41) is 10.6. The number of aliphatic hydroxyl groups is 1. The summed E-state index contributed by atoms with van der Waals surface area (Å²) in [4.78, 5) is 72.4. The van der Waals surface area contributed by atoms with Crippen molar-refractivity contribution in [2.45, 2.75) is 374 Å². The minimum Gasteiger partial charge on any atom is -0.462 e. The molecule has 3 N–H and O–H groups in total. The highest BCUT2D eigenvalue weighted by Crippen LogP contribution is 2.45. The molecule has 6 atom stereocenters. The second kappa shape index (κ2) is 62.5. The Kier molecular flexibility index (Phi) is 61.1. The number of carbonyl (C=O) groups is 4. The minimum absolute atomic E-state index is 0.107. The molecule has 0 aliphatic rings. The van der Waals surface area contributed by atoms with Crippen LogP contribution in [0, 0.1) is 5.92 Å². The molecule has 0 spiro atoms. The van der Waals surface area contributed by atoms with Gasteiger partial charge in [-0.25, -0.2) is 9.13 Å². The molecule has 0 aliphatic carbocycles. The third-order valence-corrected chi connectivity index (χ3v) is 18.3. The number of unbranched alkanes of at least 4 members (excludes halogenated alkanes) is 40. The SMILES string of the molecule is CCCCCCCCCCCCCCCC(=O)OC[C@H](COP(=O)(O)OC[C@@H](O)COP(=O)(O)OC[C@@H](COC(=O)CCCCCCCCCC)OC(=O)CCCCCCCCCCCCCCC)OC(=O)CCCCCCCCCCCCC(C)CC. The van der Waals surface area contributed by atoms with Crippen LogP contribution in [0.1, 0.15) is 356 Å². The van der Waals surface area contributed by atoms with Gasteiger partial charge in [0.05, 0.1) is 26.4 Å². The normalized spacial score (nSPS) is 14.4. The van der Waals surface area contributed by atoms with Crippen molar-refractivity contribution < 1.29 is 80.2 Å². The number of hydrogen-bond acceptors (Lipinski definition) is 15. The molecule has 0 saturated heterocycles. The van der Waals surface area contributed by atoms with E-state index in [0.717, 1.165) is 102 Å². The van der Waals surface area contributed by atoms with E-state index in [-0.39, 0.29) is 25.7 Å². The molecule has 0 radical (unpaired) electrons. The fraction of sp³-hybridized carbons (Fsp3) is 0.942. The van der Waals surface area contributed by atoms with Crippen LogP contribution in [0.5, 0.6) is 0 Å². The van der Waals surface area contributed by atoms with Crippen molar-refractivity contribution in [3.63, 3.8) is 0 Å². The fourth-order valence-corrected chi connectivity index (χ4v) is 12.0. The zero-order valence-electron chi connectivity index (χ0n) is 56.9. The van der Waals surface area contributed by atoms with E-state index < -0.39 is 97.5 Å². The maximum atomic E-state index is 13.0. The molecule has 19 heteroatoms. The zero-order chi connectivity index (χ0) is 64.9. The molecule has 522 valence electrons. The number of aliphatic hydroxyl groups excluding tert-OH is 1. The standard InChI is InChI=1S/C69H134O17P2/c1-6-10-13-16-19-22-24-26-28-33-38-43-48-53-67(72)80-59-65(86-69(74)55-50-45-40-35-31-30-32-36-41-46-51-62(5)9-4)61-84-88(77,78)82-57-63(70)56-81-87(75,76)83-60-64(58-79-66(71)52-47-42-37-21-18-15-12-8-3)85-68(73)54-49-44-39-34-29-27-25-23-20-17-14-11-7-2/h62-65,70H,6-61H2,1-5H3,(H,75,76)(H,77,78)/t62?,63-,64+,65+/m0/s1. The molecule has 0 fully saturated rings.